The third-order valence-corrected chi connectivity index (χ3v) is 7.22. The standard InChI is InChI=1S/C23H18Cl2N4O4/c1-12-17(7-2-13(9-26)20(12)25)29-22(31)21-18-8-15(28(21)23(29)32)10-27(18)19(30)11-33-16-5-3-14(24)4-6-16/h2-7,15,18,21H,8,10-11H2,1H3/t15-,18?,21-/m1/s1. The topological polar surface area (TPSA) is 94.0 Å². The summed E-state index contributed by atoms with van der Waals surface area (Å²) in [4.78, 5) is 43.8. The summed E-state index contributed by atoms with van der Waals surface area (Å²) < 4.78 is 5.58. The molecule has 2 aromatic rings. The van der Waals surface area contributed by atoms with E-state index >= 15 is 0 Å². The summed E-state index contributed by atoms with van der Waals surface area (Å²) in [5.74, 6) is -0.119. The molecule has 3 atom stereocenters. The molecular weight excluding hydrogens is 467 g/mol. The van der Waals surface area contributed by atoms with Gasteiger partial charge in [-0.15, -0.1) is 0 Å². The van der Waals surface area contributed by atoms with Gasteiger partial charge in [0.15, 0.2) is 6.61 Å². The minimum Gasteiger partial charge on any atom is -0.484 e. The molecule has 0 aromatic heterocycles. The van der Waals surface area contributed by atoms with Crippen molar-refractivity contribution >= 4 is 46.7 Å². The van der Waals surface area contributed by atoms with E-state index in [9.17, 15) is 19.6 Å². The summed E-state index contributed by atoms with van der Waals surface area (Å²) >= 11 is 12.1. The van der Waals surface area contributed by atoms with Gasteiger partial charge >= 0.3 is 6.03 Å². The maximum atomic E-state index is 13.4. The van der Waals surface area contributed by atoms with Crippen LogP contribution in [0.4, 0.5) is 10.5 Å². The van der Waals surface area contributed by atoms with Crippen molar-refractivity contribution in [3.63, 3.8) is 0 Å². The van der Waals surface area contributed by atoms with Crippen LogP contribution >= 0.6 is 23.2 Å². The van der Waals surface area contributed by atoms with Crippen LogP contribution in [0, 0.1) is 18.3 Å². The number of fused-ring (bicyclic) bond motifs is 5. The number of rotatable bonds is 4. The number of urea groups is 1. The van der Waals surface area contributed by atoms with E-state index in [0.717, 1.165) is 4.90 Å². The van der Waals surface area contributed by atoms with Crippen molar-refractivity contribution in [1.82, 2.24) is 9.80 Å². The lowest BCUT2D eigenvalue weighted by Gasteiger charge is -2.34. The minimum absolute atomic E-state index is 0.173. The third kappa shape index (κ3) is 3.31. The van der Waals surface area contributed by atoms with E-state index < -0.39 is 24.0 Å². The van der Waals surface area contributed by atoms with Crippen molar-refractivity contribution in [2.75, 3.05) is 18.1 Å². The highest BCUT2D eigenvalue weighted by molar-refractivity contribution is 6.33. The van der Waals surface area contributed by atoms with Crippen LogP contribution in [0.5, 0.6) is 5.75 Å². The summed E-state index contributed by atoms with van der Waals surface area (Å²) in [5.41, 5.74) is 1.11. The van der Waals surface area contributed by atoms with Gasteiger partial charge in [-0.1, -0.05) is 23.2 Å². The molecule has 2 aromatic carbocycles. The number of nitriles is 1. The Hall–Kier alpha value is -3.28. The van der Waals surface area contributed by atoms with Gasteiger partial charge in [0.25, 0.3) is 11.8 Å². The van der Waals surface area contributed by atoms with Crippen LogP contribution in [0.2, 0.25) is 10.0 Å². The molecule has 8 nitrogen and oxygen atoms in total. The first kappa shape index (κ1) is 21.6. The monoisotopic (exact) mass is 484 g/mol. The molecule has 3 heterocycles. The second kappa shape index (κ2) is 7.94. The lowest BCUT2D eigenvalue weighted by molar-refractivity contribution is -0.137. The zero-order valence-corrected chi connectivity index (χ0v) is 19.0. The number of benzene rings is 2. The molecule has 0 spiro atoms. The van der Waals surface area contributed by atoms with Crippen molar-refractivity contribution < 1.29 is 19.1 Å². The average Bonchev–Trinajstić information content (AvgIpc) is 3.47. The summed E-state index contributed by atoms with van der Waals surface area (Å²) in [5, 5.41) is 9.96. The van der Waals surface area contributed by atoms with Gasteiger partial charge in [-0.2, -0.15) is 5.26 Å². The molecule has 5 rings (SSSR count). The SMILES string of the molecule is Cc1c(N2C(=O)[C@H]3C4C[C@H](CN4C(=O)COc4ccc(Cl)cc4)N3C2=O)ccc(C#N)c1Cl. The van der Waals surface area contributed by atoms with Crippen molar-refractivity contribution in [2.24, 2.45) is 0 Å². The molecule has 1 unspecified atom stereocenters. The van der Waals surface area contributed by atoms with Crippen LogP contribution in [-0.4, -0.2) is 58.9 Å². The van der Waals surface area contributed by atoms with Gasteiger partial charge in [0.2, 0.25) is 0 Å². The molecule has 3 saturated heterocycles. The number of ether oxygens (including phenoxy) is 1. The van der Waals surface area contributed by atoms with E-state index in [2.05, 4.69) is 0 Å². The van der Waals surface area contributed by atoms with E-state index in [0.29, 0.717) is 35.0 Å². The Morgan fingerprint density at radius 3 is 2.61 bits per heavy atom. The van der Waals surface area contributed by atoms with Crippen LogP contribution in [-0.2, 0) is 9.59 Å². The Morgan fingerprint density at radius 1 is 1.18 bits per heavy atom. The molecule has 168 valence electrons. The van der Waals surface area contributed by atoms with E-state index in [1.54, 1.807) is 47.1 Å². The summed E-state index contributed by atoms with van der Waals surface area (Å²) in [6.07, 6.45) is 0.551. The molecule has 10 heteroatoms. The zero-order valence-electron chi connectivity index (χ0n) is 17.5. The smallest absolute Gasteiger partial charge is 0.332 e. The number of nitrogens with zero attached hydrogens (tertiary/aromatic N) is 4. The van der Waals surface area contributed by atoms with E-state index in [1.807, 2.05) is 6.07 Å². The van der Waals surface area contributed by atoms with Crippen LogP contribution in [0.25, 0.3) is 0 Å². The van der Waals surface area contributed by atoms with E-state index in [1.165, 1.54) is 6.07 Å². The van der Waals surface area contributed by atoms with Gasteiger partial charge < -0.3 is 14.5 Å². The van der Waals surface area contributed by atoms with Gasteiger partial charge in [0.05, 0.1) is 28.4 Å². The van der Waals surface area contributed by atoms with Crippen molar-refractivity contribution in [2.45, 2.75) is 31.5 Å². The molecule has 4 amide bonds. The Bertz CT molecular complexity index is 1230. The van der Waals surface area contributed by atoms with E-state index in [4.69, 9.17) is 27.9 Å². The number of piperazine rings is 1. The van der Waals surface area contributed by atoms with Crippen LogP contribution in [0.3, 0.4) is 0 Å². The second-order valence-electron chi connectivity index (χ2n) is 8.24. The lowest BCUT2D eigenvalue weighted by atomic mass is 10.1. The number of carbonyl (C=O) groups excluding carboxylic acids is 3. The first-order valence-electron chi connectivity index (χ1n) is 10.3. The van der Waals surface area contributed by atoms with Gasteiger partial charge in [-0.25, -0.2) is 9.69 Å². The lowest BCUT2D eigenvalue weighted by Crippen LogP contribution is -2.55. The molecule has 2 bridgehead atoms. The third-order valence-electron chi connectivity index (χ3n) is 6.48. The van der Waals surface area contributed by atoms with Crippen molar-refractivity contribution in [1.29, 1.82) is 5.26 Å². The fourth-order valence-corrected chi connectivity index (χ4v) is 5.26. The Kier molecular flexibility index (Phi) is 5.19. The number of hydrogen-bond acceptors (Lipinski definition) is 5. The van der Waals surface area contributed by atoms with Gasteiger partial charge in [0.1, 0.15) is 17.9 Å². The number of imide groups is 1. The molecule has 0 radical (unpaired) electrons. The maximum Gasteiger partial charge on any atom is 0.332 e. The molecular formula is C23H18Cl2N4O4. The quantitative estimate of drug-likeness (QED) is 0.620. The van der Waals surface area contributed by atoms with Crippen molar-refractivity contribution in [3.05, 3.63) is 57.6 Å². The predicted molar refractivity (Wildman–Crippen MR) is 120 cm³/mol. The highest BCUT2D eigenvalue weighted by Crippen LogP contribution is 2.43. The van der Waals surface area contributed by atoms with Crippen LogP contribution in [0.1, 0.15) is 17.5 Å². The number of likely N-dealkylation sites (tertiary alicyclic amines) is 1. The highest BCUT2D eigenvalue weighted by Gasteiger charge is 2.63. The maximum absolute atomic E-state index is 13.4. The Labute approximate surface area is 199 Å². The fraction of sp³-hybridized carbons (Fsp3) is 0.304. The molecule has 0 saturated carbocycles. The molecule has 0 N–H and O–H groups in total. The number of halogens is 2. The number of amides is 4. The van der Waals surface area contributed by atoms with E-state index in [-0.39, 0.29) is 29.1 Å². The molecule has 3 fully saturated rings. The molecule has 3 aliphatic heterocycles. The predicted octanol–water partition coefficient (Wildman–Crippen LogP) is 3.37. The largest absolute Gasteiger partial charge is 0.484 e. The van der Waals surface area contributed by atoms with Gasteiger partial charge in [-0.05, 0) is 55.3 Å². The number of anilines is 1. The second-order valence-corrected chi connectivity index (χ2v) is 9.05. The Morgan fingerprint density at radius 2 is 1.91 bits per heavy atom. The number of hydrogen-bond donors (Lipinski definition) is 0. The summed E-state index contributed by atoms with van der Waals surface area (Å²) in [6, 6.07) is 9.92. The summed E-state index contributed by atoms with van der Waals surface area (Å²) in [6.45, 7) is 1.85. The summed E-state index contributed by atoms with van der Waals surface area (Å²) in [7, 11) is 0. The highest BCUT2D eigenvalue weighted by atomic mass is 35.5. The number of carbonyl (C=O) groups is 3. The first-order chi connectivity index (χ1) is 15.8. The molecule has 33 heavy (non-hydrogen) atoms. The van der Waals surface area contributed by atoms with Crippen LogP contribution in [0.15, 0.2) is 36.4 Å². The normalized spacial score (nSPS) is 23.2. The van der Waals surface area contributed by atoms with Crippen LogP contribution < -0.4 is 9.64 Å². The molecule has 3 aliphatic rings. The Balaban J connectivity index is 1.35. The first-order valence-corrected chi connectivity index (χ1v) is 11.1. The zero-order chi connectivity index (χ0) is 23.4. The van der Waals surface area contributed by atoms with Gasteiger partial charge in [0, 0.05) is 11.6 Å². The molecule has 0 aliphatic carbocycles. The minimum atomic E-state index is -0.746. The average molecular weight is 485 g/mol. The fourth-order valence-electron chi connectivity index (χ4n) is 4.93. The van der Waals surface area contributed by atoms with Gasteiger partial charge in [-0.3, -0.25) is 9.59 Å². The van der Waals surface area contributed by atoms with Crippen molar-refractivity contribution in [3.8, 4) is 11.8 Å².